The van der Waals surface area contributed by atoms with E-state index in [4.69, 9.17) is 9.47 Å². The Hall–Kier alpha value is -0.830. The molecular weight excluding hydrogens is 144 g/mol. The molecule has 0 radical (unpaired) electrons. The maximum atomic E-state index is 10.8. The number of hydrogen-bond acceptors (Lipinski definition) is 3. The van der Waals surface area contributed by atoms with E-state index in [0.29, 0.717) is 12.3 Å². The Bertz CT molecular complexity index is 200. The van der Waals surface area contributed by atoms with Crippen molar-refractivity contribution in [3.63, 3.8) is 0 Å². The fraction of sp³-hybridized carbons (Fsp3) is 0.625. The molecule has 11 heavy (non-hydrogen) atoms. The molecule has 3 unspecified atom stereocenters. The molecule has 0 amide bonds. The van der Waals surface area contributed by atoms with Crippen LogP contribution in [0.15, 0.2) is 12.7 Å². The number of fused-ring (bicyclic) bond motifs is 1. The van der Waals surface area contributed by atoms with Crippen LogP contribution in [-0.4, -0.2) is 18.4 Å². The molecule has 0 N–H and O–H groups in total. The van der Waals surface area contributed by atoms with Gasteiger partial charge in [-0.25, -0.2) is 0 Å². The third kappa shape index (κ3) is 1.16. The van der Waals surface area contributed by atoms with Gasteiger partial charge in [0, 0.05) is 5.92 Å². The molecule has 0 bridgehead atoms. The van der Waals surface area contributed by atoms with Crippen LogP contribution in [0, 0.1) is 5.92 Å². The Balaban J connectivity index is 1.98. The number of hydrogen-bond donors (Lipinski definition) is 0. The minimum atomic E-state index is -0.235. The van der Waals surface area contributed by atoms with E-state index < -0.39 is 0 Å². The summed E-state index contributed by atoms with van der Waals surface area (Å²) in [7, 11) is 0. The summed E-state index contributed by atoms with van der Waals surface area (Å²) < 4.78 is 9.96. The molecule has 3 heteroatoms. The highest BCUT2D eigenvalue weighted by Gasteiger charge is 2.51. The average Bonchev–Trinajstić information content (AvgIpc) is 2.66. The zero-order valence-electron chi connectivity index (χ0n) is 6.16. The molecule has 0 spiro atoms. The predicted molar refractivity (Wildman–Crippen MR) is 37.7 cm³/mol. The first kappa shape index (κ1) is 6.85. The van der Waals surface area contributed by atoms with E-state index in [1.165, 1.54) is 0 Å². The van der Waals surface area contributed by atoms with Gasteiger partial charge in [-0.15, -0.1) is 6.58 Å². The number of rotatable bonds is 2. The lowest BCUT2D eigenvalue weighted by molar-refractivity contribution is -0.151. The first-order valence-corrected chi connectivity index (χ1v) is 3.77. The molecule has 2 fully saturated rings. The van der Waals surface area contributed by atoms with Crippen LogP contribution in [0.5, 0.6) is 0 Å². The van der Waals surface area contributed by atoms with Crippen molar-refractivity contribution in [3.05, 3.63) is 12.7 Å². The van der Waals surface area contributed by atoms with Gasteiger partial charge in [-0.05, 0) is 6.42 Å². The van der Waals surface area contributed by atoms with Crippen molar-refractivity contribution >= 4 is 5.97 Å². The number of carbonyl (C=O) groups excluding carboxylic acids is 1. The quantitative estimate of drug-likeness (QED) is 0.336. The van der Waals surface area contributed by atoms with E-state index >= 15 is 0 Å². The van der Waals surface area contributed by atoms with E-state index in [9.17, 15) is 4.79 Å². The van der Waals surface area contributed by atoms with Crippen molar-refractivity contribution in [1.82, 2.24) is 0 Å². The van der Waals surface area contributed by atoms with Gasteiger partial charge < -0.3 is 9.47 Å². The lowest BCUT2D eigenvalue weighted by Gasteiger charge is -2.14. The SMILES string of the molecule is C=CCC1CC(=O)OC2OC12. The van der Waals surface area contributed by atoms with Crippen molar-refractivity contribution in [2.75, 3.05) is 0 Å². The number of carbonyl (C=O) groups is 1. The molecule has 2 aliphatic rings. The number of ether oxygens (including phenoxy) is 2. The summed E-state index contributed by atoms with van der Waals surface area (Å²) in [5.41, 5.74) is 0. The monoisotopic (exact) mass is 154 g/mol. The second-order valence-corrected chi connectivity index (χ2v) is 2.95. The highest BCUT2D eigenvalue weighted by atomic mass is 16.8. The van der Waals surface area contributed by atoms with Gasteiger partial charge in [0.15, 0.2) is 0 Å². The Morgan fingerprint density at radius 3 is 3.27 bits per heavy atom. The van der Waals surface area contributed by atoms with Gasteiger partial charge in [-0.2, -0.15) is 0 Å². The van der Waals surface area contributed by atoms with Crippen molar-refractivity contribution in [1.29, 1.82) is 0 Å². The van der Waals surface area contributed by atoms with Crippen LogP contribution < -0.4 is 0 Å². The van der Waals surface area contributed by atoms with Gasteiger partial charge >= 0.3 is 5.97 Å². The van der Waals surface area contributed by atoms with Gasteiger partial charge in [0.2, 0.25) is 6.29 Å². The molecule has 3 nitrogen and oxygen atoms in total. The largest absolute Gasteiger partial charge is 0.433 e. The van der Waals surface area contributed by atoms with Gasteiger partial charge in [0.05, 0.1) is 6.42 Å². The van der Waals surface area contributed by atoms with Gasteiger partial charge in [0.1, 0.15) is 6.10 Å². The van der Waals surface area contributed by atoms with Crippen LogP contribution in [0.3, 0.4) is 0 Å². The smallest absolute Gasteiger partial charge is 0.308 e. The molecule has 0 aliphatic carbocycles. The topological polar surface area (TPSA) is 38.8 Å². The standard InChI is InChI=1S/C8H10O3/c1-2-3-5-4-6(9)10-8-7(5)11-8/h2,5,7-8H,1,3-4H2. The lowest BCUT2D eigenvalue weighted by atomic mass is 9.96. The second-order valence-electron chi connectivity index (χ2n) is 2.95. The van der Waals surface area contributed by atoms with Crippen LogP contribution in [0.25, 0.3) is 0 Å². The predicted octanol–water partition coefficient (Wildman–Crippen LogP) is 0.851. The normalized spacial score (nSPS) is 40.7. The van der Waals surface area contributed by atoms with Crippen LogP contribution in [0.1, 0.15) is 12.8 Å². The summed E-state index contributed by atoms with van der Waals surface area (Å²) in [4.78, 5) is 10.8. The number of allylic oxidation sites excluding steroid dienone is 1. The van der Waals surface area contributed by atoms with Crippen LogP contribution in [0.4, 0.5) is 0 Å². The third-order valence-electron chi connectivity index (χ3n) is 2.09. The zero-order chi connectivity index (χ0) is 7.84. The Morgan fingerprint density at radius 1 is 1.73 bits per heavy atom. The minimum Gasteiger partial charge on any atom is -0.433 e. The fourth-order valence-corrected chi connectivity index (χ4v) is 1.48. The van der Waals surface area contributed by atoms with Crippen LogP contribution in [-0.2, 0) is 14.3 Å². The van der Waals surface area contributed by atoms with Crippen LogP contribution in [0.2, 0.25) is 0 Å². The molecule has 0 aromatic heterocycles. The summed E-state index contributed by atoms with van der Waals surface area (Å²) in [6.07, 6.45) is 3.07. The van der Waals surface area contributed by atoms with E-state index in [1.807, 2.05) is 6.08 Å². The first-order valence-electron chi connectivity index (χ1n) is 3.77. The summed E-state index contributed by atoms with van der Waals surface area (Å²) in [6, 6.07) is 0. The molecule has 0 aromatic carbocycles. The molecule has 2 aliphatic heterocycles. The molecule has 3 atom stereocenters. The average molecular weight is 154 g/mol. The summed E-state index contributed by atoms with van der Waals surface area (Å²) in [6.45, 7) is 3.63. The van der Waals surface area contributed by atoms with Crippen molar-refractivity contribution < 1.29 is 14.3 Å². The Kier molecular flexibility index (Phi) is 1.46. The van der Waals surface area contributed by atoms with E-state index in [1.54, 1.807) is 0 Å². The zero-order valence-corrected chi connectivity index (χ0v) is 6.16. The van der Waals surface area contributed by atoms with Crippen molar-refractivity contribution in [2.45, 2.75) is 25.2 Å². The molecule has 2 saturated heterocycles. The summed E-state index contributed by atoms with van der Waals surface area (Å²) in [5.74, 6) is 0.161. The molecule has 2 heterocycles. The summed E-state index contributed by atoms with van der Waals surface area (Å²) in [5, 5.41) is 0. The van der Waals surface area contributed by atoms with E-state index in [0.717, 1.165) is 6.42 Å². The highest BCUT2D eigenvalue weighted by Crippen LogP contribution is 2.38. The number of esters is 1. The van der Waals surface area contributed by atoms with E-state index in [-0.39, 0.29) is 18.4 Å². The minimum absolute atomic E-state index is 0.143. The molecular formula is C8H10O3. The van der Waals surface area contributed by atoms with E-state index in [2.05, 4.69) is 6.58 Å². The van der Waals surface area contributed by atoms with Crippen molar-refractivity contribution in [3.8, 4) is 0 Å². The second kappa shape index (κ2) is 2.34. The molecule has 0 aromatic rings. The number of epoxide rings is 1. The molecule has 60 valence electrons. The molecule has 0 saturated carbocycles. The lowest BCUT2D eigenvalue weighted by Crippen LogP contribution is -2.24. The third-order valence-corrected chi connectivity index (χ3v) is 2.09. The van der Waals surface area contributed by atoms with Crippen LogP contribution >= 0.6 is 0 Å². The Morgan fingerprint density at radius 2 is 2.55 bits per heavy atom. The highest BCUT2D eigenvalue weighted by molar-refractivity contribution is 5.71. The fourth-order valence-electron chi connectivity index (χ4n) is 1.48. The van der Waals surface area contributed by atoms with Gasteiger partial charge in [-0.3, -0.25) is 4.79 Å². The maximum Gasteiger partial charge on any atom is 0.308 e. The maximum absolute atomic E-state index is 10.8. The molecule has 2 rings (SSSR count). The summed E-state index contributed by atoms with van der Waals surface area (Å²) >= 11 is 0. The van der Waals surface area contributed by atoms with Gasteiger partial charge in [0.25, 0.3) is 0 Å². The van der Waals surface area contributed by atoms with Crippen molar-refractivity contribution in [2.24, 2.45) is 5.92 Å². The first-order chi connectivity index (χ1) is 5.31. The Labute approximate surface area is 65.0 Å². The van der Waals surface area contributed by atoms with Gasteiger partial charge in [-0.1, -0.05) is 6.08 Å².